The monoisotopic (exact) mass is 257 g/mol. The number of nitrogens with zero attached hydrogens (tertiary/aromatic N) is 1. The van der Waals surface area contributed by atoms with E-state index in [1.54, 1.807) is 0 Å². The van der Waals surface area contributed by atoms with E-state index in [2.05, 4.69) is 53.0 Å². The minimum atomic E-state index is 0. The Hall–Kier alpha value is -0.460. The van der Waals surface area contributed by atoms with Crippen LogP contribution in [0.5, 0.6) is 0 Å². The second kappa shape index (κ2) is 11.6. The largest absolute Gasteiger partial charge is 0.376 e. The van der Waals surface area contributed by atoms with Crippen molar-refractivity contribution in [1.29, 1.82) is 0 Å². The van der Waals surface area contributed by atoms with E-state index in [1.165, 1.54) is 31.6 Å². The highest BCUT2D eigenvalue weighted by atomic mass is 15.1. The molecule has 0 aromatic carbocycles. The van der Waals surface area contributed by atoms with Gasteiger partial charge >= 0.3 is 0 Å². The topological polar surface area (TPSA) is 3.24 Å². The molecule has 1 heteroatoms. The second-order valence-electron chi connectivity index (χ2n) is 6.04. The van der Waals surface area contributed by atoms with Crippen LogP contribution in [0, 0.1) is 17.8 Å². The highest BCUT2D eigenvalue weighted by Gasteiger charge is 2.20. The molecule has 0 unspecified atom stereocenters. The van der Waals surface area contributed by atoms with Crippen molar-refractivity contribution in [1.82, 2.24) is 4.90 Å². The minimum absolute atomic E-state index is 0. The Kier molecular flexibility index (Phi) is 14.7. The van der Waals surface area contributed by atoms with Gasteiger partial charge in [0, 0.05) is 18.8 Å². The Morgan fingerprint density at radius 1 is 1.00 bits per heavy atom. The van der Waals surface area contributed by atoms with Gasteiger partial charge < -0.3 is 4.90 Å². The lowest BCUT2D eigenvalue weighted by molar-refractivity contribution is 0.191. The van der Waals surface area contributed by atoms with Crippen molar-refractivity contribution in [3.05, 3.63) is 12.3 Å². The molecule has 0 bridgehead atoms. The lowest BCUT2D eigenvalue weighted by Gasteiger charge is -2.35. The molecular formula is C17H39N. The van der Waals surface area contributed by atoms with Gasteiger partial charge in [0.25, 0.3) is 0 Å². The van der Waals surface area contributed by atoms with Crippen LogP contribution in [-0.4, -0.2) is 18.0 Å². The molecule has 0 saturated carbocycles. The highest BCUT2D eigenvalue weighted by molar-refractivity contribution is 4.91. The van der Waals surface area contributed by atoms with Gasteiger partial charge in [0.05, 0.1) is 0 Å². The molecule has 1 fully saturated rings. The normalized spacial score (nSPS) is 15.4. The minimum Gasteiger partial charge on any atom is -0.376 e. The van der Waals surface area contributed by atoms with Crippen LogP contribution in [0.25, 0.3) is 0 Å². The van der Waals surface area contributed by atoms with Gasteiger partial charge in [-0.25, -0.2) is 0 Å². The summed E-state index contributed by atoms with van der Waals surface area (Å²) in [6.07, 6.45) is 2.70. The summed E-state index contributed by atoms with van der Waals surface area (Å²) in [6.45, 7) is 19.7. The molecule has 1 saturated heterocycles. The molecule has 0 aromatic heterocycles. The number of rotatable bonds is 2. The molecule has 18 heavy (non-hydrogen) atoms. The number of likely N-dealkylation sites (tertiary alicyclic amines) is 1. The van der Waals surface area contributed by atoms with Crippen LogP contribution >= 0.6 is 0 Å². The Morgan fingerprint density at radius 2 is 1.33 bits per heavy atom. The van der Waals surface area contributed by atoms with E-state index in [4.69, 9.17) is 0 Å². The summed E-state index contributed by atoms with van der Waals surface area (Å²) in [5.41, 5.74) is 1.23. The Balaban J connectivity index is -0.000000332. The van der Waals surface area contributed by atoms with Crippen molar-refractivity contribution in [3.8, 4) is 0 Å². The van der Waals surface area contributed by atoms with Gasteiger partial charge in [-0.2, -0.15) is 0 Å². The lowest BCUT2D eigenvalue weighted by atomic mass is 9.86. The number of allylic oxidation sites excluding steroid dienone is 1. The first-order valence-corrected chi connectivity index (χ1v) is 6.75. The zero-order chi connectivity index (χ0) is 12.7. The molecule has 1 nitrogen and oxygen atoms in total. The zero-order valence-corrected chi connectivity index (χ0v) is 12.2. The molecule has 1 heterocycles. The van der Waals surface area contributed by atoms with Crippen LogP contribution < -0.4 is 0 Å². The molecule has 1 aliphatic heterocycles. The quantitative estimate of drug-likeness (QED) is 0.602. The molecule has 112 valence electrons. The first kappa shape index (κ1) is 22.7. The standard InChI is InChI=1S/C11H21N.C4H10.2CH4/c1-9(2)11-5-7-12(8-6-11)10(3)4;1-4(2)3;;/h9,11H,3,5-8H2,1-2,4H3;4H,1-3H3;2*1H4. The molecule has 0 aromatic rings. The SMILES string of the molecule is C.C.C=C(C)N1CCC(C(C)C)CC1.CC(C)C. The van der Waals surface area contributed by atoms with Crippen LogP contribution in [0.4, 0.5) is 0 Å². The maximum atomic E-state index is 3.97. The Bertz CT molecular complexity index is 183. The summed E-state index contributed by atoms with van der Waals surface area (Å²) in [5.74, 6) is 2.64. The smallest absolute Gasteiger partial charge is 0.0177 e. The van der Waals surface area contributed by atoms with Crippen LogP contribution in [0.15, 0.2) is 12.3 Å². The van der Waals surface area contributed by atoms with Crippen molar-refractivity contribution < 1.29 is 0 Å². The molecule has 0 amide bonds. The Morgan fingerprint density at radius 3 is 1.56 bits per heavy atom. The first-order chi connectivity index (χ1) is 7.34. The van der Waals surface area contributed by atoms with E-state index in [0.717, 1.165) is 17.8 Å². The maximum absolute atomic E-state index is 3.97. The van der Waals surface area contributed by atoms with Crippen LogP contribution in [0.2, 0.25) is 0 Å². The van der Waals surface area contributed by atoms with E-state index in [1.807, 2.05) is 0 Å². The fourth-order valence-electron chi connectivity index (χ4n) is 1.95. The van der Waals surface area contributed by atoms with Gasteiger partial charge in [0.1, 0.15) is 0 Å². The molecule has 0 spiro atoms. The zero-order valence-electron chi connectivity index (χ0n) is 12.2. The average Bonchev–Trinajstić information content (AvgIpc) is 2.17. The van der Waals surface area contributed by atoms with Crippen LogP contribution in [0.1, 0.15) is 69.2 Å². The molecular weight excluding hydrogens is 218 g/mol. The summed E-state index contributed by atoms with van der Waals surface area (Å²) in [5, 5.41) is 0. The number of hydrogen-bond acceptors (Lipinski definition) is 1. The first-order valence-electron chi connectivity index (χ1n) is 6.75. The third kappa shape index (κ3) is 10.7. The highest BCUT2D eigenvalue weighted by Crippen LogP contribution is 2.25. The van der Waals surface area contributed by atoms with Crippen molar-refractivity contribution in [2.24, 2.45) is 17.8 Å². The third-order valence-electron chi connectivity index (χ3n) is 3.02. The summed E-state index contributed by atoms with van der Waals surface area (Å²) in [7, 11) is 0. The van der Waals surface area contributed by atoms with Crippen molar-refractivity contribution in [2.45, 2.75) is 69.2 Å². The van der Waals surface area contributed by atoms with E-state index in [9.17, 15) is 0 Å². The third-order valence-corrected chi connectivity index (χ3v) is 3.02. The molecule has 0 N–H and O–H groups in total. The van der Waals surface area contributed by atoms with Crippen molar-refractivity contribution in [3.63, 3.8) is 0 Å². The van der Waals surface area contributed by atoms with Gasteiger partial charge in [-0.3, -0.25) is 0 Å². The van der Waals surface area contributed by atoms with Gasteiger partial charge in [0.15, 0.2) is 0 Å². The molecule has 1 rings (SSSR count). The summed E-state index contributed by atoms with van der Waals surface area (Å²) >= 11 is 0. The average molecular weight is 258 g/mol. The number of hydrogen-bond donors (Lipinski definition) is 0. The number of piperidine rings is 1. The van der Waals surface area contributed by atoms with Crippen molar-refractivity contribution in [2.75, 3.05) is 13.1 Å². The fraction of sp³-hybridized carbons (Fsp3) is 0.882. The summed E-state index contributed by atoms with van der Waals surface area (Å²) in [4.78, 5) is 2.40. The van der Waals surface area contributed by atoms with Gasteiger partial charge in [0.2, 0.25) is 0 Å². The van der Waals surface area contributed by atoms with Gasteiger partial charge in [-0.1, -0.05) is 56.1 Å². The van der Waals surface area contributed by atoms with E-state index in [-0.39, 0.29) is 14.9 Å². The predicted molar refractivity (Wildman–Crippen MR) is 87.9 cm³/mol. The second-order valence-corrected chi connectivity index (χ2v) is 6.04. The Labute approximate surface area is 118 Å². The van der Waals surface area contributed by atoms with Gasteiger partial charge in [-0.05, 0) is 37.5 Å². The maximum Gasteiger partial charge on any atom is 0.0177 e. The molecule has 0 aliphatic carbocycles. The lowest BCUT2D eigenvalue weighted by Crippen LogP contribution is -2.33. The summed E-state index contributed by atoms with van der Waals surface area (Å²) < 4.78 is 0. The van der Waals surface area contributed by atoms with Gasteiger partial charge in [-0.15, -0.1) is 0 Å². The van der Waals surface area contributed by atoms with Crippen LogP contribution in [0.3, 0.4) is 0 Å². The van der Waals surface area contributed by atoms with E-state index < -0.39 is 0 Å². The molecule has 0 radical (unpaired) electrons. The fourth-order valence-corrected chi connectivity index (χ4v) is 1.95. The predicted octanol–water partition coefficient (Wildman–Crippen LogP) is 5.82. The van der Waals surface area contributed by atoms with Crippen LogP contribution in [-0.2, 0) is 0 Å². The van der Waals surface area contributed by atoms with E-state index >= 15 is 0 Å². The molecule has 1 aliphatic rings. The molecule has 0 atom stereocenters. The van der Waals surface area contributed by atoms with Crippen molar-refractivity contribution >= 4 is 0 Å². The van der Waals surface area contributed by atoms with E-state index in [0.29, 0.717) is 0 Å². The summed E-state index contributed by atoms with van der Waals surface area (Å²) in [6, 6.07) is 0.